The molecule has 0 radical (unpaired) electrons. The summed E-state index contributed by atoms with van der Waals surface area (Å²) >= 11 is 0. The van der Waals surface area contributed by atoms with Gasteiger partial charge in [0, 0.05) is 35.1 Å². The van der Waals surface area contributed by atoms with Crippen molar-refractivity contribution in [2.45, 2.75) is 26.7 Å². The first-order chi connectivity index (χ1) is 14.2. The highest BCUT2D eigenvalue weighted by Gasteiger charge is 2.14. The molecule has 0 spiro atoms. The molecule has 0 bridgehead atoms. The van der Waals surface area contributed by atoms with E-state index < -0.39 is 0 Å². The summed E-state index contributed by atoms with van der Waals surface area (Å²) in [7, 11) is 0. The van der Waals surface area contributed by atoms with E-state index in [4.69, 9.17) is 5.10 Å². The molecule has 0 fully saturated rings. The third kappa shape index (κ3) is 3.85. The summed E-state index contributed by atoms with van der Waals surface area (Å²) in [6.45, 7) is 4.06. The zero-order valence-corrected chi connectivity index (χ0v) is 16.4. The molecular weight excluding hydrogens is 364 g/mol. The van der Waals surface area contributed by atoms with Crippen molar-refractivity contribution < 1.29 is 4.79 Å². The fraction of sp³-hybridized carbons (Fsp3) is 0.227. The van der Waals surface area contributed by atoms with Crippen molar-refractivity contribution in [1.82, 2.24) is 24.8 Å². The molecule has 4 rings (SSSR count). The second-order valence-electron chi connectivity index (χ2n) is 6.83. The topological polar surface area (TPSA) is 85.1 Å². The smallest absolute Gasteiger partial charge is 0.227 e. The van der Waals surface area contributed by atoms with Crippen molar-refractivity contribution in [2.75, 3.05) is 5.32 Å². The minimum absolute atomic E-state index is 0.0402. The summed E-state index contributed by atoms with van der Waals surface area (Å²) < 4.78 is 1.72. The van der Waals surface area contributed by atoms with Crippen LogP contribution in [0.1, 0.15) is 26.7 Å². The Morgan fingerprint density at radius 2 is 1.79 bits per heavy atom. The zero-order chi connectivity index (χ0) is 20.2. The fourth-order valence-electron chi connectivity index (χ4n) is 3.25. The Balaban J connectivity index is 1.61. The lowest BCUT2D eigenvalue weighted by Gasteiger charge is -2.13. The van der Waals surface area contributed by atoms with Gasteiger partial charge < -0.3 is 5.32 Å². The van der Waals surface area contributed by atoms with E-state index in [-0.39, 0.29) is 11.8 Å². The van der Waals surface area contributed by atoms with Crippen LogP contribution >= 0.6 is 0 Å². The minimum Gasteiger partial charge on any atom is -0.326 e. The molecule has 0 saturated carbocycles. The van der Waals surface area contributed by atoms with Gasteiger partial charge in [0.25, 0.3) is 0 Å². The summed E-state index contributed by atoms with van der Waals surface area (Å²) in [6.07, 6.45) is 5.13. The summed E-state index contributed by atoms with van der Waals surface area (Å²) in [5, 5.41) is 16.1. The molecule has 0 aliphatic carbocycles. The van der Waals surface area contributed by atoms with Crippen molar-refractivity contribution >= 4 is 17.2 Å². The summed E-state index contributed by atoms with van der Waals surface area (Å²) in [5.74, 6) is 0.746. The van der Waals surface area contributed by atoms with Gasteiger partial charge in [-0.3, -0.25) is 9.78 Å². The van der Waals surface area contributed by atoms with E-state index in [1.807, 2.05) is 62.4 Å². The highest BCUT2D eigenvalue weighted by molar-refractivity contribution is 5.92. The Bertz CT molecular complexity index is 1120. The average Bonchev–Trinajstić information content (AvgIpc) is 3.19. The predicted octanol–water partition coefficient (Wildman–Crippen LogP) is 4.23. The Kier molecular flexibility index (Phi) is 5.29. The van der Waals surface area contributed by atoms with E-state index in [1.54, 1.807) is 16.9 Å². The van der Waals surface area contributed by atoms with Crippen LogP contribution in [0.4, 0.5) is 5.69 Å². The lowest BCUT2D eigenvalue weighted by atomic mass is 10.0. The lowest BCUT2D eigenvalue weighted by Crippen LogP contribution is -2.21. The first-order valence-electron chi connectivity index (χ1n) is 9.73. The number of benzene rings is 1. The number of carbonyl (C=O) groups excluding carboxylic acids is 1. The summed E-state index contributed by atoms with van der Waals surface area (Å²) in [4.78, 5) is 16.4. The maximum Gasteiger partial charge on any atom is 0.227 e. The number of hydrogen-bond donors (Lipinski definition) is 1. The van der Waals surface area contributed by atoms with Gasteiger partial charge in [-0.15, -0.1) is 10.2 Å². The van der Waals surface area contributed by atoms with Gasteiger partial charge in [-0.2, -0.15) is 9.61 Å². The van der Waals surface area contributed by atoms with Crippen LogP contribution in [0.15, 0.2) is 60.9 Å². The number of fused-ring (bicyclic) bond motifs is 1. The van der Waals surface area contributed by atoms with Crippen LogP contribution in [-0.2, 0) is 4.79 Å². The number of amides is 1. The van der Waals surface area contributed by atoms with Crippen molar-refractivity contribution in [3.8, 4) is 22.6 Å². The number of aromatic nitrogens is 5. The Morgan fingerprint density at radius 1 is 1.00 bits per heavy atom. The SMILES string of the molecule is CCC(CC)C(=O)Nc1ccc(-c2ccc3nnc(-c4cccnc4)n3n2)cc1. The Labute approximate surface area is 168 Å². The molecule has 3 heterocycles. The Morgan fingerprint density at radius 3 is 2.48 bits per heavy atom. The second-order valence-corrected chi connectivity index (χ2v) is 6.83. The molecule has 7 nitrogen and oxygen atoms in total. The zero-order valence-electron chi connectivity index (χ0n) is 16.4. The molecule has 0 saturated heterocycles. The molecule has 1 amide bonds. The van der Waals surface area contributed by atoms with E-state index in [0.717, 1.165) is 35.3 Å². The van der Waals surface area contributed by atoms with Crippen molar-refractivity contribution in [3.05, 3.63) is 60.9 Å². The van der Waals surface area contributed by atoms with Crippen LogP contribution in [0.5, 0.6) is 0 Å². The van der Waals surface area contributed by atoms with Gasteiger partial charge >= 0.3 is 0 Å². The summed E-state index contributed by atoms with van der Waals surface area (Å²) in [6, 6.07) is 15.3. The standard InChI is InChI=1S/C22H22N6O/c1-3-15(4-2)22(29)24-18-9-7-16(8-10-18)19-11-12-20-25-26-21(28(20)27-19)17-6-5-13-23-14-17/h5-15H,3-4H2,1-2H3,(H,24,29). The maximum absolute atomic E-state index is 12.3. The molecule has 7 heteroatoms. The first kappa shape index (κ1) is 18.7. The largest absolute Gasteiger partial charge is 0.326 e. The second kappa shape index (κ2) is 8.18. The van der Waals surface area contributed by atoms with Gasteiger partial charge in [0.1, 0.15) is 0 Å². The van der Waals surface area contributed by atoms with E-state index in [9.17, 15) is 4.79 Å². The molecule has 146 valence electrons. The number of pyridine rings is 1. The van der Waals surface area contributed by atoms with E-state index in [1.165, 1.54) is 0 Å². The van der Waals surface area contributed by atoms with Crippen molar-refractivity contribution in [3.63, 3.8) is 0 Å². The number of rotatable bonds is 6. The summed E-state index contributed by atoms with van der Waals surface area (Å²) in [5.41, 5.74) is 4.04. The first-order valence-corrected chi connectivity index (χ1v) is 9.73. The fourth-order valence-corrected chi connectivity index (χ4v) is 3.25. The highest BCUT2D eigenvalue weighted by atomic mass is 16.1. The molecule has 29 heavy (non-hydrogen) atoms. The van der Waals surface area contributed by atoms with E-state index in [2.05, 4.69) is 20.5 Å². The maximum atomic E-state index is 12.3. The van der Waals surface area contributed by atoms with Crippen LogP contribution in [0.3, 0.4) is 0 Å². The van der Waals surface area contributed by atoms with E-state index >= 15 is 0 Å². The molecule has 0 unspecified atom stereocenters. The van der Waals surface area contributed by atoms with Gasteiger partial charge in [0.2, 0.25) is 5.91 Å². The normalized spacial score (nSPS) is 11.1. The number of nitrogens with one attached hydrogen (secondary N) is 1. The molecule has 0 aliphatic heterocycles. The number of hydrogen-bond acceptors (Lipinski definition) is 5. The lowest BCUT2D eigenvalue weighted by molar-refractivity contribution is -0.120. The molecule has 1 aromatic carbocycles. The van der Waals surface area contributed by atoms with Crippen molar-refractivity contribution in [2.24, 2.45) is 5.92 Å². The average molecular weight is 386 g/mol. The van der Waals surface area contributed by atoms with Crippen molar-refractivity contribution in [1.29, 1.82) is 0 Å². The molecule has 0 atom stereocenters. The Hall–Kier alpha value is -3.61. The third-order valence-corrected chi connectivity index (χ3v) is 4.99. The highest BCUT2D eigenvalue weighted by Crippen LogP contribution is 2.23. The van der Waals surface area contributed by atoms with Crippen LogP contribution < -0.4 is 5.32 Å². The monoisotopic (exact) mass is 386 g/mol. The minimum atomic E-state index is 0.0402. The van der Waals surface area contributed by atoms with E-state index in [0.29, 0.717) is 11.5 Å². The molecule has 3 aromatic heterocycles. The molecule has 4 aromatic rings. The molecule has 1 N–H and O–H groups in total. The quantitative estimate of drug-likeness (QED) is 0.536. The van der Waals surface area contributed by atoms with Gasteiger partial charge in [0.15, 0.2) is 11.5 Å². The number of anilines is 1. The van der Waals surface area contributed by atoms with Gasteiger partial charge in [-0.05, 0) is 49.2 Å². The van der Waals surface area contributed by atoms with Crippen LogP contribution in [-0.4, -0.2) is 30.7 Å². The van der Waals surface area contributed by atoms with Gasteiger partial charge in [-0.25, -0.2) is 0 Å². The van der Waals surface area contributed by atoms with Crippen LogP contribution in [0.25, 0.3) is 28.3 Å². The predicted molar refractivity (Wildman–Crippen MR) is 112 cm³/mol. The number of nitrogens with zero attached hydrogens (tertiary/aromatic N) is 5. The van der Waals surface area contributed by atoms with Crippen LogP contribution in [0, 0.1) is 5.92 Å². The third-order valence-electron chi connectivity index (χ3n) is 4.99. The van der Waals surface area contributed by atoms with Gasteiger partial charge in [-0.1, -0.05) is 26.0 Å². The van der Waals surface area contributed by atoms with Crippen LogP contribution in [0.2, 0.25) is 0 Å². The van der Waals surface area contributed by atoms with Gasteiger partial charge in [0.05, 0.1) is 5.69 Å². The molecule has 0 aliphatic rings. The molecular formula is C22H22N6O. The number of carbonyl (C=O) groups is 1.